The van der Waals surface area contributed by atoms with Gasteiger partial charge < -0.3 is 5.73 Å². The number of hydrogen-bond acceptors (Lipinski definition) is 1. The summed E-state index contributed by atoms with van der Waals surface area (Å²) in [4.78, 5) is 0. The Kier molecular flexibility index (Phi) is 4.18. The summed E-state index contributed by atoms with van der Waals surface area (Å²) in [5.41, 5.74) is 13.8. The van der Waals surface area contributed by atoms with Crippen LogP contribution >= 0.6 is 0 Å². The molecule has 0 atom stereocenters. The SMILES string of the molecule is C#C/C=C\C1=C(C)C(c2ccccc2)(c2ccccc2)c2ccc(N)cc21. The van der Waals surface area contributed by atoms with Crippen LogP contribution in [0.3, 0.4) is 0 Å². The van der Waals surface area contributed by atoms with Crippen LogP contribution in [-0.4, -0.2) is 0 Å². The molecule has 1 aliphatic carbocycles. The van der Waals surface area contributed by atoms with E-state index in [1.807, 2.05) is 12.1 Å². The van der Waals surface area contributed by atoms with E-state index in [9.17, 15) is 0 Å². The Labute approximate surface area is 160 Å². The zero-order valence-electron chi connectivity index (χ0n) is 15.3. The van der Waals surface area contributed by atoms with Gasteiger partial charge in [0, 0.05) is 5.69 Å². The molecule has 0 spiro atoms. The minimum Gasteiger partial charge on any atom is -0.399 e. The average molecular weight is 347 g/mol. The van der Waals surface area contributed by atoms with Gasteiger partial charge in [-0.25, -0.2) is 0 Å². The standard InChI is InChI=1S/C26H21N/c1-3-4-15-23-19(2)26(20-11-7-5-8-12-20,21-13-9-6-10-14-21)25-17-16-22(27)18-24(23)25/h1,4-18H,27H2,2H3/b15-4-. The first-order valence-electron chi connectivity index (χ1n) is 9.05. The Morgan fingerprint density at radius 1 is 0.889 bits per heavy atom. The number of fused-ring (bicyclic) bond motifs is 1. The highest BCUT2D eigenvalue weighted by atomic mass is 14.6. The number of allylic oxidation sites excluding steroid dienone is 4. The molecule has 3 aromatic rings. The van der Waals surface area contributed by atoms with E-state index >= 15 is 0 Å². The van der Waals surface area contributed by atoms with Gasteiger partial charge in [0.1, 0.15) is 0 Å². The fourth-order valence-electron chi connectivity index (χ4n) is 4.35. The summed E-state index contributed by atoms with van der Waals surface area (Å²) in [7, 11) is 0. The maximum Gasteiger partial charge on any atom is 0.0673 e. The molecule has 0 bridgehead atoms. The van der Waals surface area contributed by atoms with Crippen LogP contribution in [0.25, 0.3) is 5.57 Å². The number of rotatable bonds is 3. The van der Waals surface area contributed by atoms with Crippen molar-refractivity contribution in [1.82, 2.24) is 0 Å². The molecule has 1 aliphatic rings. The Balaban J connectivity index is 2.15. The van der Waals surface area contributed by atoms with E-state index in [0.29, 0.717) is 0 Å². The first-order chi connectivity index (χ1) is 13.2. The molecular weight excluding hydrogens is 326 g/mol. The molecule has 3 aromatic carbocycles. The highest BCUT2D eigenvalue weighted by Gasteiger charge is 2.45. The van der Waals surface area contributed by atoms with Crippen molar-refractivity contribution in [2.75, 3.05) is 5.73 Å². The molecule has 0 aliphatic heterocycles. The summed E-state index contributed by atoms with van der Waals surface area (Å²) in [5, 5.41) is 0. The average Bonchev–Trinajstić information content (AvgIpc) is 2.95. The Morgan fingerprint density at radius 2 is 1.48 bits per heavy atom. The largest absolute Gasteiger partial charge is 0.399 e. The lowest BCUT2D eigenvalue weighted by molar-refractivity contribution is 0.743. The lowest BCUT2D eigenvalue weighted by atomic mass is 9.67. The van der Waals surface area contributed by atoms with Crippen molar-refractivity contribution in [3.8, 4) is 12.3 Å². The number of benzene rings is 3. The van der Waals surface area contributed by atoms with E-state index in [1.165, 1.54) is 22.3 Å². The van der Waals surface area contributed by atoms with Gasteiger partial charge in [-0.05, 0) is 64.6 Å². The van der Waals surface area contributed by atoms with E-state index in [-0.39, 0.29) is 5.41 Å². The summed E-state index contributed by atoms with van der Waals surface area (Å²) in [5.74, 6) is 2.62. The number of nitrogen functional groups attached to an aromatic ring is 1. The molecule has 0 aromatic heterocycles. The van der Waals surface area contributed by atoms with Gasteiger partial charge in [0.05, 0.1) is 5.41 Å². The molecule has 130 valence electrons. The van der Waals surface area contributed by atoms with Gasteiger partial charge in [0.15, 0.2) is 0 Å². The Bertz CT molecular complexity index is 1040. The van der Waals surface area contributed by atoms with Crippen LogP contribution in [-0.2, 0) is 5.41 Å². The highest BCUT2D eigenvalue weighted by Crippen LogP contribution is 2.54. The first-order valence-corrected chi connectivity index (χ1v) is 9.05. The molecule has 0 saturated heterocycles. The quantitative estimate of drug-likeness (QED) is 0.486. The van der Waals surface area contributed by atoms with E-state index in [4.69, 9.17) is 12.2 Å². The van der Waals surface area contributed by atoms with Crippen LogP contribution in [0.15, 0.2) is 96.6 Å². The lowest BCUT2D eigenvalue weighted by Crippen LogP contribution is -2.28. The molecule has 4 rings (SSSR count). The molecule has 0 saturated carbocycles. The number of terminal acetylenes is 1. The second kappa shape index (κ2) is 6.67. The summed E-state index contributed by atoms with van der Waals surface area (Å²) >= 11 is 0. The molecule has 0 unspecified atom stereocenters. The number of hydrogen-bond donors (Lipinski definition) is 1. The normalized spacial score (nSPS) is 15.0. The van der Waals surface area contributed by atoms with Crippen molar-refractivity contribution in [2.45, 2.75) is 12.3 Å². The fourth-order valence-corrected chi connectivity index (χ4v) is 4.35. The van der Waals surface area contributed by atoms with Gasteiger partial charge >= 0.3 is 0 Å². The minimum atomic E-state index is -0.361. The van der Waals surface area contributed by atoms with Crippen molar-refractivity contribution >= 4 is 11.3 Å². The zero-order chi connectivity index (χ0) is 18.9. The van der Waals surface area contributed by atoms with Crippen LogP contribution in [0.1, 0.15) is 29.2 Å². The smallest absolute Gasteiger partial charge is 0.0673 e. The van der Waals surface area contributed by atoms with Crippen LogP contribution in [0, 0.1) is 12.3 Å². The van der Waals surface area contributed by atoms with Gasteiger partial charge in [0.2, 0.25) is 0 Å². The first kappa shape index (κ1) is 16.9. The third-order valence-corrected chi connectivity index (χ3v) is 5.46. The zero-order valence-corrected chi connectivity index (χ0v) is 15.3. The highest BCUT2D eigenvalue weighted by molar-refractivity contribution is 5.90. The second-order valence-corrected chi connectivity index (χ2v) is 6.83. The van der Waals surface area contributed by atoms with Gasteiger partial charge in [0.25, 0.3) is 0 Å². The summed E-state index contributed by atoms with van der Waals surface area (Å²) in [6.45, 7) is 2.20. The van der Waals surface area contributed by atoms with E-state index in [1.54, 1.807) is 6.08 Å². The van der Waals surface area contributed by atoms with Crippen LogP contribution < -0.4 is 5.73 Å². The molecule has 2 N–H and O–H groups in total. The van der Waals surface area contributed by atoms with E-state index < -0.39 is 0 Å². The van der Waals surface area contributed by atoms with E-state index in [0.717, 1.165) is 16.8 Å². The maximum absolute atomic E-state index is 6.15. The molecule has 1 nitrogen and oxygen atoms in total. The fraction of sp³-hybridized carbons (Fsp3) is 0.0769. The van der Waals surface area contributed by atoms with Crippen molar-refractivity contribution in [3.63, 3.8) is 0 Å². The van der Waals surface area contributed by atoms with Gasteiger partial charge in [-0.1, -0.05) is 72.7 Å². The van der Waals surface area contributed by atoms with Gasteiger partial charge in [-0.3, -0.25) is 0 Å². The van der Waals surface area contributed by atoms with Crippen LogP contribution in [0.5, 0.6) is 0 Å². The second-order valence-electron chi connectivity index (χ2n) is 6.83. The molecular formula is C26H21N. The Hall–Kier alpha value is -3.50. The van der Waals surface area contributed by atoms with Crippen molar-refractivity contribution in [2.24, 2.45) is 0 Å². The molecule has 0 heterocycles. The number of nitrogens with two attached hydrogens (primary N) is 1. The third-order valence-electron chi connectivity index (χ3n) is 5.46. The molecule has 0 amide bonds. The molecule has 1 heteroatoms. The predicted molar refractivity (Wildman–Crippen MR) is 114 cm³/mol. The maximum atomic E-state index is 6.15. The monoisotopic (exact) mass is 347 g/mol. The van der Waals surface area contributed by atoms with Crippen molar-refractivity contribution in [3.05, 3.63) is 119 Å². The topological polar surface area (TPSA) is 26.0 Å². The minimum absolute atomic E-state index is 0.361. The summed E-state index contributed by atoms with van der Waals surface area (Å²) < 4.78 is 0. The van der Waals surface area contributed by atoms with Crippen molar-refractivity contribution < 1.29 is 0 Å². The van der Waals surface area contributed by atoms with E-state index in [2.05, 4.69) is 85.6 Å². The van der Waals surface area contributed by atoms with Gasteiger partial charge in [-0.15, -0.1) is 6.42 Å². The molecule has 0 radical (unpaired) electrons. The third kappa shape index (κ3) is 2.50. The predicted octanol–water partition coefficient (Wildman–Crippen LogP) is 5.58. The summed E-state index contributed by atoms with van der Waals surface area (Å²) in [6.07, 6.45) is 9.30. The molecule has 27 heavy (non-hydrogen) atoms. The lowest BCUT2D eigenvalue weighted by Gasteiger charge is -2.34. The van der Waals surface area contributed by atoms with Crippen LogP contribution in [0.4, 0.5) is 5.69 Å². The summed E-state index contributed by atoms with van der Waals surface area (Å²) in [6, 6.07) is 27.5. The van der Waals surface area contributed by atoms with Crippen molar-refractivity contribution in [1.29, 1.82) is 0 Å². The number of anilines is 1. The van der Waals surface area contributed by atoms with Crippen LogP contribution in [0.2, 0.25) is 0 Å². The van der Waals surface area contributed by atoms with Gasteiger partial charge in [-0.2, -0.15) is 0 Å². The Morgan fingerprint density at radius 3 is 2.04 bits per heavy atom. The molecule has 0 fully saturated rings.